The van der Waals surface area contributed by atoms with Crippen LogP contribution in [0.15, 0.2) is 30.3 Å². The van der Waals surface area contributed by atoms with Gasteiger partial charge < -0.3 is 10.4 Å². The molecule has 0 atom stereocenters. The van der Waals surface area contributed by atoms with Gasteiger partial charge in [-0.05, 0) is 24.3 Å². The molecule has 0 aliphatic heterocycles. The topological polar surface area (TPSA) is 75.1 Å². The van der Waals surface area contributed by atoms with Crippen molar-refractivity contribution in [3.8, 4) is 0 Å². The van der Waals surface area contributed by atoms with Crippen LogP contribution >= 0.6 is 23.2 Å². The van der Waals surface area contributed by atoms with E-state index < -0.39 is 5.97 Å². The summed E-state index contributed by atoms with van der Waals surface area (Å²) in [5, 5.41) is 12.1. The van der Waals surface area contributed by atoms with Gasteiger partial charge in [0.15, 0.2) is 0 Å². The molecule has 5 nitrogen and oxygen atoms in total. The molecule has 2 aromatic rings. The highest BCUT2D eigenvalue weighted by molar-refractivity contribution is 6.33. The number of hydrogen-bond donors (Lipinski definition) is 2. The lowest BCUT2D eigenvalue weighted by Gasteiger charge is -2.05. The van der Waals surface area contributed by atoms with Gasteiger partial charge in [0.2, 0.25) is 5.95 Å². The van der Waals surface area contributed by atoms with Crippen molar-refractivity contribution in [1.82, 2.24) is 9.97 Å². The molecule has 7 heteroatoms. The van der Waals surface area contributed by atoms with Crippen LogP contribution in [0, 0.1) is 0 Å². The van der Waals surface area contributed by atoms with Gasteiger partial charge in [0.05, 0.1) is 5.56 Å². The highest BCUT2D eigenvalue weighted by atomic mass is 35.5. The van der Waals surface area contributed by atoms with Crippen molar-refractivity contribution >= 4 is 40.8 Å². The lowest BCUT2D eigenvalue weighted by molar-refractivity contribution is 0.0697. The summed E-state index contributed by atoms with van der Waals surface area (Å²) < 4.78 is 0. The molecule has 1 aromatic carbocycles. The van der Waals surface area contributed by atoms with Gasteiger partial charge in [0.25, 0.3) is 0 Å². The van der Waals surface area contributed by atoms with Gasteiger partial charge in [-0.1, -0.05) is 23.2 Å². The predicted octanol–water partition coefficient (Wildman–Crippen LogP) is 3.23. The summed E-state index contributed by atoms with van der Waals surface area (Å²) in [6.45, 7) is 0. The molecule has 2 N–H and O–H groups in total. The molecule has 0 spiro atoms. The second-order valence-corrected chi connectivity index (χ2v) is 4.12. The van der Waals surface area contributed by atoms with E-state index in [1.54, 1.807) is 12.1 Å². The summed E-state index contributed by atoms with van der Waals surface area (Å²) in [4.78, 5) is 18.5. The van der Waals surface area contributed by atoms with Gasteiger partial charge in [-0.15, -0.1) is 0 Å². The Labute approximate surface area is 112 Å². The number of carboxylic acids is 1. The van der Waals surface area contributed by atoms with Crippen LogP contribution < -0.4 is 5.32 Å². The molecule has 0 amide bonds. The molecule has 1 heterocycles. The van der Waals surface area contributed by atoms with E-state index in [-0.39, 0.29) is 21.8 Å². The molecule has 0 saturated carbocycles. The largest absolute Gasteiger partial charge is 0.478 e. The van der Waals surface area contributed by atoms with Crippen LogP contribution in [0.3, 0.4) is 0 Å². The number of anilines is 2. The van der Waals surface area contributed by atoms with Crippen molar-refractivity contribution < 1.29 is 9.90 Å². The Morgan fingerprint density at radius 3 is 2.17 bits per heavy atom. The molecule has 1 aromatic heterocycles. The first-order chi connectivity index (χ1) is 8.54. The Balaban J connectivity index is 2.20. The minimum atomic E-state index is -0.983. The zero-order chi connectivity index (χ0) is 13.1. The molecule has 92 valence electrons. The van der Waals surface area contributed by atoms with Crippen molar-refractivity contribution in [2.45, 2.75) is 0 Å². The van der Waals surface area contributed by atoms with E-state index in [4.69, 9.17) is 28.3 Å². The van der Waals surface area contributed by atoms with E-state index in [1.807, 2.05) is 0 Å². The Morgan fingerprint density at radius 2 is 1.67 bits per heavy atom. The van der Waals surface area contributed by atoms with E-state index in [9.17, 15) is 4.79 Å². The number of halogens is 2. The van der Waals surface area contributed by atoms with Crippen LogP contribution in [-0.2, 0) is 0 Å². The van der Waals surface area contributed by atoms with Crippen LogP contribution in [0.5, 0.6) is 0 Å². The van der Waals surface area contributed by atoms with E-state index in [0.717, 1.165) is 0 Å². The predicted molar refractivity (Wildman–Crippen MR) is 68.7 cm³/mol. The number of nitrogens with one attached hydrogen (secondary N) is 1. The monoisotopic (exact) mass is 283 g/mol. The average molecular weight is 284 g/mol. The maximum Gasteiger partial charge on any atom is 0.335 e. The number of aromatic carboxylic acids is 1. The molecule has 0 unspecified atom stereocenters. The van der Waals surface area contributed by atoms with Crippen molar-refractivity contribution in [2.75, 3.05) is 5.32 Å². The molecule has 0 fully saturated rings. The number of hydrogen-bond acceptors (Lipinski definition) is 4. The summed E-state index contributed by atoms with van der Waals surface area (Å²) in [6.07, 6.45) is 0. The van der Waals surface area contributed by atoms with Gasteiger partial charge in [-0.2, -0.15) is 0 Å². The first-order valence-corrected chi connectivity index (χ1v) is 5.60. The maximum absolute atomic E-state index is 10.7. The number of benzene rings is 1. The van der Waals surface area contributed by atoms with E-state index >= 15 is 0 Å². The lowest BCUT2D eigenvalue weighted by Crippen LogP contribution is -1.99. The first-order valence-electron chi connectivity index (χ1n) is 4.85. The van der Waals surface area contributed by atoms with Crippen molar-refractivity contribution in [1.29, 1.82) is 0 Å². The molecule has 0 bridgehead atoms. The second kappa shape index (κ2) is 5.20. The normalized spacial score (nSPS) is 10.1. The van der Waals surface area contributed by atoms with Gasteiger partial charge in [-0.25, -0.2) is 14.8 Å². The van der Waals surface area contributed by atoms with Crippen molar-refractivity contribution in [3.63, 3.8) is 0 Å². The summed E-state index contributed by atoms with van der Waals surface area (Å²) in [5.74, 6) is -0.737. The Morgan fingerprint density at radius 1 is 1.11 bits per heavy atom. The molecule has 0 aliphatic carbocycles. The molecular formula is C11H7Cl2N3O2. The minimum absolute atomic E-state index is 0.200. The number of rotatable bonds is 3. The van der Waals surface area contributed by atoms with E-state index in [0.29, 0.717) is 5.69 Å². The second-order valence-electron chi connectivity index (χ2n) is 3.34. The fourth-order valence-electron chi connectivity index (χ4n) is 1.27. The lowest BCUT2D eigenvalue weighted by atomic mass is 10.2. The standard InChI is InChI=1S/C11H7Cl2N3O2/c12-8-5-9(13)16-11(15-8)14-7-3-1-6(2-4-7)10(17)18/h1-5H,(H,17,18)(H,14,15,16). The quantitative estimate of drug-likeness (QED) is 0.846. The number of nitrogens with zero attached hydrogens (tertiary/aromatic N) is 2. The Kier molecular flexibility index (Phi) is 3.64. The fourth-order valence-corrected chi connectivity index (χ4v) is 1.69. The summed E-state index contributed by atoms with van der Waals surface area (Å²) in [5.41, 5.74) is 0.837. The molecule has 0 saturated heterocycles. The third-order valence-electron chi connectivity index (χ3n) is 2.05. The Hall–Kier alpha value is -1.85. The van der Waals surface area contributed by atoms with Crippen LogP contribution in [0.1, 0.15) is 10.4 Å². The third-order valence-corrected chi connectivity index (χ3v) is 2.44. The van der Waals surface area contributed by atoms with Crippen molar-refractivity contribution in [2.24, 2.45) is 0 Å². The van der Waals surface area contributed by atoms with Gasteiger partial charge in [0.1, 0.15) is 10.3 Å². The molecule has 2 rings (SSSR count). The van der Waals surface area contributed by atoms with Crippen molar-refractivity contribution in [3.05, 3.63) is 46.2 Å². The maximum atomic E-state index is 10.7. The van der Waals surface area contributed by atoms with E-state index in [2.05, 4.69) is 15.3 Å². The summed E-state index contributed by atoms with van der Waals surface area (Å²) in [7, 11) is 0. The fraction of sp³-hybridized carbons (Fsp3) is 0. The Bertz CT molecular complexity index is 567. The SMILES string of the molecule is O=C(O)c1ccc(Nc2nc(Cl)cc(Cl)n2)cc1. The summed E-state index contributed by atoms with van der Waals surface area (Å²) in [6, 6.07) is 7.55. The third kappa shape index (κ3) is 3.09. The summed E-state index contributed by atoms with van der Waals surface area (Å²) >= 11 is 11.5. The average Bonchev–Trinajstić information content (AvgIpc) is 2.28. The molecule has 0 radical (unpaired) electrons. The van der Waals surface area contributed by atoms with Crippen LogP contribution in [0.25, 0.3) is 0 Å². The van der Waals surface area contributed by atoms with Gasteiger partial charge >= 0.3 is 5.97 Å². The zero-order valence-electron chi connectivity index (χ0n) is 8.89. The van der Waals surface area contributed by atoms with Crippen LogP contribution in [0.2, 0.25) is 10.3 Å². The number of carboxylic acid groups (broad SMARTS) is 1. The minimum Gasteiger partial charge on any atom is -0.478 e. The van der Waals surface area contributed by atoms with Crippen LogP contribution in [-0.4, -0.2) is 21.0 Å². The number of aromatic nitrogens is 2. The van der Waals surface area contributed by atoms with Gasteiger partial charge in [-0.3, -0.25) is 0 Å². The smallest absolute Gasteiger partial charge is 0.335 e. The molecule has 0 aliphatic rings. The zero-order valence-corrected chi connectivity index (χ0v) is 10.4. The molecule has 18 heavy (non-hydrogen) atoms. The highest BCUT2D eigenvalue weighted by Crippen LogP contribution is 2.18. The highest BCUT2D eigenvalue weighted by Gasteiger charge is 2.04. The number of carbonyl (C=O) groups is 1. The molecular weight excluding hydrogens is 277 g/mol. The van der Waals surface area contributed by atoms with Crippen LogP contribution in [0.4, 0.5) is 11.6 Å². The van der Waals surface area contributed by atoms with Gasteiger partial charge in [0, 0.05) is 11.8 Å². The first kappa shape index (κ1) is 12.6. The van der Waals surface area contributed by atoms with E-state index in [1.165, 1.54) is 18.2 Å².